The summed E-state index contributed by atoms with van der Waals surface area (Å²) in [7, 11) is 0. The van der Waals surface area contributed by atoms with Crippen LogP contribution in [-0.2, 0) is 9.53 Å². The number of amides is 1. The van der Waals surface area contributed by atoms with E-state index >= 15 is 0 Å². The Morgan fingerprint density at radius 1 is 1.19 bits per heavy atom. The lowest BCUT2D eigenvalue weighted by atomic mass is 10.1. The monoisotopic (exact) mass is 405 g/mol. The van der Waals surface area contributed by atoms with E-state index in [9.17, 15) is 4.79 Å². The van der Waals surface area contributed by atoms with Crippen molar-refractivity contribution in [2.24, 2.45) is 0 Å². The van der Waals surface area contributed by atoms with Crippen LogP contribution >= 0.6 is 24.8 Å². The van der Waals surface area contributed by atoms with Gasteiger partial charge in [0.2, 0.25) is 5.91 Å². The van der Waals surface area contributed by atoms with Crippen molar-refractivity contribution in [3.05, 3.63) is 30.3 Å². The number of hydrogen-bond acceptors (Lipinski definition) is 5. The predicted molar refractivity (Wildman–Crippen MR) is 107 cm³/mol. The molecule has 2 saturated heterocycles. The largest absolute Gasteiger partial charge is 0.492 e. The lowest BCUT2D eigenvalue weighted by Crippen LogP contribution is -2.59. The highest BCUT2D eigenvalue weighted by molar-refractivity contribution is 5.85. The van der Waals surface area contributed by atoms with Crippen LogP contribution in [0.2, 0.25) is 0 Å². The van der Waals surface area contributed by atoms with E-state index in [2.05, 4.69) is 10.2 Å². The Hall–Kier alpha value is -1.05. The molecule has 148 valence electrons. The predicted octanol–water partition coefficient (Wildman–Crippen LogP) is 1.43. The number of benzene rings is 1. The van der Waals surface area contributed by atoms with Crippen molar-refractivity contribution in [3.8, 4) is 5.75 Å². The first kappa shape index (κ1) is 23.0. The lowest BCUT2D eigenvalue weighted by Gasteiger charge is -2.38. The zero-order chi connectivity index (χ0) is 16.8. The lowest BCUT2D eigenvalue weighted by molar-refractivity contribution is -0.141. The normalized spacial score (nSPS) is 23.5. The van der Waals surface area contributed by atoms with E-state index in [1.165, 1.54) is 0 Å². The zero-order valence-corrected chi connectivity index (χ0v) is 16.8. The molecule has 2 heterocycles. The summed E-state index contributed by atoms with van der Waals surface area (Å²) in [6, 6.07) is 9.67. The molecule has 0 bridgehead atoms. The Labute approximate surface area is 168 Å². The average Bonchev–Trinajstić information content (AvgIpc) is 2.63. The van der Waals surface area contributed by atoms with Crippen LogP contribution in [0.15, 0.2) is 30.3 Å². The van der Waals surface area contributed by atoms with E-state index < -0.39 is 0 Å². The first-order chi connectivity index (χ1) is 11.7. The molecule has 1 aromatic rings. The van der Waals surface area contributed by atoms with Crippen LogP contribution in [0.3, 0.4) is 0 Å². The van der Waals surface area contributed by atoms with Gasteiger partial charge < -0.3 is 19.7 Å². The topological polar surface area (TPSA) is 54.0 Å². The summed E-state index contributed by atoms with van der Waals surface area (Å²) in [6.45, 7) is 8.29. The summed E-state index contributed by atoms with van der Waals surface area (Å²) in [6.07, 6.45) is -0.0523. The molecule has 0 unspecified atom stereocenters. The van der Waals surface area contributed by atoms with Gasteiger partial charge >= 0.3 is 0 Å². The van der Waals surface area contributed by atoms with E-state index in [0.717, 1.165) is 45.0 Å². The number of piperazine rings is 1. The number of nitrogens with one attached hydrogen (secondary N) is 1. The first-order valence-electron chi connectivity index (χ1n) is 8.78. The summed E-state index contributed by atoms with van der Waals surface area (Å²) in [5, 5.41) is 3.28. The average molecular weight is 406 g/mol. The second-order valence-electron chi connectivity index (χ2n) is 6.34. The number of ether oxygens (including phenoxy) is 2. The van der Waals surface area contributed by atoms with Crippen LogP contribution in [0.25, 0.3) is 0 Å². The third-order valence-electron chi connectivity index (χ3n) is 4.69. The van der Waals surface area contributed by atoms with E-state index in [-0.39, 0.29) is 42.9 Å². The molecule has 6 nitrogen and oxygen atoms in total. The zero-order valence-electron chi connectivity index (χ0n) is 15.1. The summed E-state index contributed by atoms with van der Waals surface area (Å²) in [5.74, 6) is 1.08. The van der Waals surface area contributed by atoms with Crippen LogP contribution in [-0.4, -0.2) is 80.3 Å². The number of carbonyl (C=O) groups is 1. The van der Waals surface area contributed by atoms with E-state index in [4.69, 9.17) is 9.47 Å². The molecular formula is C18H29Cl2N3O3. The Balaban J connectivity index is 0.00000169. The Morgan fingerprint density at radius 2 is 1.88 bits per heavy atom. The summed E-state index contributed by atoms with van der Waals surface area (Å²) >= 11 is 0. The van der Waals surface area contributed by atoms with Crippen molar-refractivity contribution in [2.45, 2.75) is 19.1 Å². The molecule has 2 fully saturated rings. The van der Waals surface area contributed by atoms with Gasteiger partial charge in [0, 0.05) is 39.3 Å². The molecule has 26 heavy (non-hydrogen) atoms. The van der Waals surface area contributed by atoms with E-state index in [1.54, 1.807) is 0 Å². The second-order valence-corrected chi connectivity index (χ2v) is 6.34. The molecule has 0 saturated carbocycles. The number of para-hydroxylation sites is 1. The molecule has 8 heteroatoms. The summed E-state index contributed by atoms with van der Waals surface area (Å²) < 4.78 is 11.3. The number of morpholine rings is 1. The highest BCUT2D eigenvalue weighted by Crippen LogP contribution is 2.11. The van der Waals surface area contributed by atoms with Crippen molar-refractivity contribution in [1.82, 2.24) is 15.1 Å². The third-order valence-corrected chi connectivity index (χ3v) is 4.69. The maximum absolute atomic E-state index is 12.6. The molecule has 2 atom stereocenters. The van der Waals surface area contributed by atoms with E-state index in [0.29, 0.717) is 13.2 Å². The Morgan fingerprint density at radius 3 is 2.54 bits per heavy atom. The van der Waals surface area contributed by atoms with Gasteiger partial charge in [0.1, 0.15) is 18.4 Å². The highest BCUT2D eigenvalue weighted by atomic mass is 35.5. The molecule has 1 amide bonds. The van der Waals surface area contributed by atoms with Crippen LogP contribution in [0.1, 0.15) is 6.92 Å². The molecule has 3 rings (SSSR count). The standard InChI is InChI=1S/C18H27N3O3.2ClH/c1-15-17(19-7-13-23-15)18(22)21-10-8-20(9-11-21)12-14-24-16-5-3-2-4-6-16;;/h2-6,15,17,19H,7-14H2,1H3;2*1H/t15-,17+;;/m1../s1. The van der Waals surface area contributed by atoms with Crippen molar-refractivity contribution in [2.75, 3.05) is 52.5 Å². The maximum Gasteiger partial charge on any atom is 0.242 e. The fourth-order valence-corrected chi connectivity index (χ4v) is 3.21. The van der Waals surface area contributed by atoms with Gasteiger partial charge in [0.05, 0.1) is 12.7 Å². The Kier molecular flexibility index (Phi) is 10.3. The van der Waals surface area contributed by atoms with Gasteiger partial charge in [-0.2, -0.15) is 0 Å². The fourth-order valence-electron chi connectivity index (χ4n) is 3.21. The number of hydrogen-bond donors (Lipinski definition) is 1. The van der Waals surface area contributed by atoms with E-state index in [1.807, 2.05) is 42.2 Å². The van der Waals surface area contributed by atoms with Crippen molar-refractivity contribution < 1.29 is 14.3 Å². The number of halogens is 2. The second kappa shape index (κ2) is 11.6. The first-order valence-corrected chi connectivity index (χ1v) is 8.78. The summed E-state index contributed by atoms with van der Waals surface area (Å²) in [4.78, 5) is 16.9. The van der Waals surface area contributed by atoms with Crippen molar-refractivity contribution in [1.29, 1.82) is 0 Å². The number of nitrogens with zero attached hydrogens (tertiary/aromatic N) is 2. The van der Waals surface area contributed by atoms with Crippen LogP contribution in [0, 0.1) is 0 Å². The van der Waals surface area contributed by atoms with Gasteiger partial charge in [-0.05, 0) is 19.1 Å². The minimum Gasteiger partial charge on any atom is -0.492 e. The SMILES string of the molecule is C[C@H]1OCCN[C@@H]1C(=O)N1CCN(CCOc2ccccc2)CC1.Cl.Cl. The number of carbonyl (C=O) groups excluding carboxylic acids is 1. The minimum atomic E-state index is -0.202. The maximum atomic E-state index is 12.6. The minimum absolute atomic E-state index is 0. The van der Waals surface area contributed by atoms with Gasteiger partial charge in [0.15, 0.2) is 0 Å². The quantitative estimate of drug-likeness (QED) is 0.802. The molecule has 0 aliphatic carbocycles. The van der Waals surface area contributed by atoms with Crippen LogP contribution in [0.5, 0.6) is 5.75 Å². The smallest absolute Gasteiger partial charge is 0.242 e. The van der Waals surface area contributed by atoms with Gasteiger partial charge in [-0.1, -0.05) is 18.2 Å². The summed E-state index contributed by atoms with van der Waals surface area (Å²) in [5.41, 5.74) is 0. The van der Waals surface area contributed by atoms with Crippen molar-refractivity contribution >= 4 is 30.7 Å². The molecule has 0 spiro atoms. The van der Waals surface area contributed by atoms with Crippen molar-refractivity contribution in [3.63, 3.8) is 0 Å². The van der Waals surface area contributed by atoms with Gasteiger partial charge in [-0.15, -0.1) is 24.8 Å². The molecule has 2 aliphatic rings. The molecule has 2 aliphatic heterocycles. The highest BCUT2D eigenvalue weighted by Gasteiger charge is 2.33. The van der Waals surface area contributed by atoms with Crippen LogP contribution < -0.4 is 10.1 Å². The fraction of sp³-hybridized carbons (Fsp3) is 0.611. The third kappa shape index (κ3) is 6.28. The van der Waals surface area contributed by atoms with Gasteiger partial charge in [-0.3, -0.25) is 9.69 Å². The molecule has 0 aromatic heterocycles. The Bertz CT molecular complexity index is 528. The number of rotatable bonds is 5. The van der Waals surface area contributed by atoms with Crippen LogP contribution in [0.4, 0.5) is 0 Å². The van der Waals surface area contributed by atoms with Gasteiger partial charge in [0.25, 0.3) is 0 Å². The molecule has 1 N–H and O–H groups in total. The molecular weight excluding hydrogens is 377 g/mol. The van der Waals surface area contributed by atoms with Gasteiger partial charge in [-0.25, -0.2) is 0 Å². The molecule has 0 radical (unpaired) electrons. The molecule has 1 aromatic carbocycles.